The molecule has 0 atom stereocenters. The van der Waals surface area contributed by atoms with E-state index in [2.05, 4.69) is 26.1 Å². The van der Waals surface area contributed by atoms with Gasteiger partial charge in [0.25, 0.3) is 0 Å². The van der Waals surface area contributed by atoms with E-state index in [1.165, 1.54) is 12.8 Å². The van der Waals surface area contributed by atoms with Gasteiger partial charge in [0.05, 0.1) is 0 Å². The average molecular weight is 158 g/mol. The normalized spacial score (nSPS) is 12.0. The van der Waals surface area contributed by atoms with Gasteiger partial charge in [-0.3, -0.25) is 0 Å². The van der Waals surface area contributed by atoms with E-state index in [-0.39, 0.29) is 5.54 Å². The number of rotatable bonds is 6. The molecule has 0 saturated heterocycles. The first-order valence-corrected chi connectivity index (χ1v) is 4.57. The minimum absolute atomic E-state index is 0.226. The average Bonchev–Trinajstić information content (AvgIpc) is 1.87. The van der Waals surface area contributed by atoms with Gasteiger partial charge < -0.3 is 11.1 Å². The number of unbranched alkanes of at least 4 members (excludes halogenated alkanes) is 1. The van der Waals surface area contributed by atoms with E-state index in [0.29, 0.717) is 0 Å². The lowest BCUT2D eigenvalue weighted by Crippen LogP contribution is -2.41. The van der Waals surface area contributed by atoms with E-state index >= 15 is 0 Å². The van der Waals surface area contributed by atoms with Gasteiger partial charge in [0.15, 0.2) is 0 Å². The lowest BCUT2D eigenvalue weighted by molar-refractivity contribution is 0.365. The second-order valence-corrected chi connectivity index (χ2v) is 3.70. The van der Waals surface area contributed by atoms with Crippen molar-refractivity contribution >= 4 is 0 Å². The predicted molar refractivity (Wildman–Crippen MR) is 50.7 cm³/mol. The first-order valence-electron chi connectivity index (χ1n) is 4.57. The van der Waals surface area contributed by atoms with Crippen LogP contribution in [0.1, 0.15) is 40.0 Å². The zero-order valence-electron chi connectivity index (χ0n) is 8.11. The smallest absolute Gasteiger partial charge is 0.0137 e. The highest BCUT2D eigenvalue weighted by atomic mass is 14.9. The maximum absolute atomic E-state index is 5.48. The molecule has 11 heavy (non-hydrogen) atoms. The highest BCUT2D eigenvalue weighted by Gasteiger charge is 2.13. The first kappa shape index (κ1) is 10.9. The van der Waals surface area contributed by atoms with Crippen molar-refractivity contribution in [3.05, 3.63) is 0 Å². The molecule has 0 radical (unpaired) electrons. The van der Waals surface area contributed by atoms with Gasteiger partial charge in [0.1, 0.15) is 0 Å². The second-order valence-electron chi connectivity index (χ2n) is 3.70. The first-order chi connectivity index (χ1) is 5.12. The molecule has 0 aromatic carbocycles. The van der Waals surface area contributed by atoms with Crippen LogP contribution in [0.4, 0.5) is 0 Å². The van der Waals surface area contributed by atoms with Gasteiger partial charge in [0, 0.05) is 5.54 Å². The van der Waals surface area contributed by atoms with E-state index in [4.69, 9.17) is 5.73 Å². The van der Waals surface area contributed by atoms with Crippen molar-refractivity contribution in [3.8, 4) is 0 Å². The minimum Gasteiger partial charge on any atom is -0.330 e. The lowest BCUT2D eigenvalue weighted by Gasteiger charge is -2.25. The topological polar surface area (TPSA) is 38.0 Å². The van der Waals surface area contributed by atoms with Crippen LogP contribution >= 0.6 is 0 Å². The van der Waals surface area contributed by atoms with Gasteiger partial charge in [-0.15, -0.1) is 0 Å². The quantitative estimate of drug-likeness (QED) is 0.575. The summed E-state index contributed by atoms with van der Waals surface area (Å²) in [5.41, 5.74) is 5.70. The summed E-state index contributed by atoms with van der Waals surface area (Å²) in [6, 6.07) is 0. The van der Waals surface area contributed by atoms with Crippen molar-refractivity contribution in [2.24, 2.45) is 5.73 Å². The molecule has 0 amide bonds. The second kappa shape index (κ2) is 5.56. The van der Waals surface area contributed by atoms with E-state index in [1.54, 1.807) is 0 Å². The van der Waals surface area contributed by atoms with Gasteiger partial charge in [-0.1, -0.05) is 13.3 Å². The minimum atomic E-state index is 0.226. The summed E-state index contributed by atoms with van der Waals surface area (Å²) in [5, 5.41) is 3.48. The molecule has 0 aromatic rings. The number of nitrogens with one attached hydrogen (secondary N) is 1. The van der Waals surface area contributed by atoms with E-state index in [0.717, 1.165) is 19.5 Å². The van der Waals surface area contributed by atoms with Gasteiger partial charge in [-0.25, -0.2) is 0 Å². The van der Waals surface area contributed by atoms with E-state index in [9.17, 15) is 0 Å². The summed E-state index contributed by atoms with van der Waals surface area (Å²) in [4.78, 5) is 0. The Bertz CT molecular complexity index is 89.6. The van der Waals surface area contributed by atoms with Crippen molar-refractivity contribution in [2.75, 3.05) is 13.1 Å². The van der Waals surface area contributed by atoms with Crippen molar-refractivity contribution in [1.82, 2.24) is 5.32 Å². The summed E-state index contributed by atoms with van der Waals surface area (Å²) in [6.07, 6.45) is 3.57. The van der Waals surface area contributed by atoms with Crippen molar-refractivity contribution < 1.29 is 0 Å². The Morgan fingerprint density at radius 1 is 1.36 bits per heavy atom. The zero-order chi connectivity index (χ0) is 8.74. The Hall–Kier alpha value is -0.0800. The molecule has 0 aromatic heterocycles. The molecule has 0 saturated carbocycles. The fourth-order valence-electron chi connectivity index (χ4n) is 1.05. The van der Waals surface area contributed by atoms with Crippen molar-refractivity contribution in [1.29, 1.82) is 0 Å². The third-order valence-electron chi connectivity index (χ3n) is 1.90. The molecular weight excluding hydrogens is 136 g/mol. The van der Waals surface area contributed by atoms with Crippen LogP contribution in [-0.2, 0) is 0 Å². The van der Waals surface area contributed by atoms with Crippen molar-refractivity contribution in [2.45, 2.75) is 45.6 Å². The predicted octanol–water partition coefficient (Wildman–Crippen LogP) is 1.50. The highest BCUT2D eigenvalue weighted by Crippen LogP contribution is 2.06. The summed E-state index contributed by atoms with van der Waals surface area (Å²) < 4.78 is 0. The summed E-state index contributed by atoms with van der Waals surface area (Å²) in [5.74, 6) is 0. The maximum atomic E-state index is 5.48. The Kier molecular flexibility index (Phi) is 5.51. The zero-order valence-corrected chi connectivity index (χ0v) is 8.11. The molecule has 0 aliphatic carbocycles. The molecule has 0 bridgehead atoms. The van der Waals surface area contributed by atoms with Crippen LogP contribution in [0.3, 0.4) is 0 Å². The fourth-order valence-corrected chi connectivity index (χ4v) is 1.05. The fraction of sp³-hybridized carbons (Fsp3) is 1.00. The Morgan fingerprint density at radius 2 is 2.00 bits per heavy atom. The van der Waals surface area contributed by atoms with E-state index in [1.807, 2.05) is 0 Å². The molecule has 0 aliphatic heterocycles. The van der Waals surface area contributed by atoms with Gasteiger partial charge >= 0.3 is 0 Å². The van der Waals surface area contributed by atoms with Crippen molar-refractivity contribution in [3.63, 3.8) is 0 Å². The molecule has 0 heterocycles. The molecule has 2 heteroatoms. The Morgan fingerprint density at radius 3 is 2.45 bits per heavy atom. The molecule has 0 unspecified atom stereocenters. The molecule has 2 nitrogen and oxygen atoms in total. The van der Waals surface area contributed by atoms with Gasteiger partial charge in [-0.05, 0) is 39.8 Å². The number of hydrogen-bond donors (Lipinski definition) is 2. The van der Waals surface area contributed by atoms with Crippen LogP contribution in [0, 0.1) is 0 Å². The largest absolute Gasteiger partial charge is 0.330 e. The van der Waals surface area contributed by atoms with Crippen LogP contribution in [0.15, 0.2) is 0 Å². The molecule has 0 aliphatic rings. The lowest BCUT2D eigenvalue weighted by atomic mass is 10.0. The summed E-state index contributed by atoms with van der Waals surface area (Å²) in [7, 11) is 0. The number of hydrogen-bond acceptors (Lipinski definition) is 2. The van der Waals surface area contributed by atoms with Crippen LogP contribution < -0.4 is 11.1 Å². The summed E-state index contributed by atoms with van der Waals surface area (Å²) >= 11 is 0. The SMILES string of the molecule is CCCCNC(C)(C)CCN. The van der Waals surface area contributed by atoms with Crippen LogP contribution in [0.5, 0.6) is 0 Å². The summed E-state index contributed by atoms with van der Waals surface area (Å²) in [6.45, 7) is 8.50. The molecule has 68 valence electrons. The monoisotopic (exact) mass is 158 g/mol. The molecule has 0 spiro atoms. The highest BCUT2D eigenvalue weighted by molar-refractivity contribution is 4.76. The Labute approximate surface area is 70.5 Å². The van der Waals surface area contributed by atoms with Crippen LogP contribution in [0.2, 0.25) is 0 Å². The maximum Gasteiger partial charge on any atom is 0.0137 e. The third-order valence-corrected chi connectivity index (χ3v) is 1.90. The molecular formula is C9H22N2. The third kappa shape index (κ3) is 6.32. The standard InChI is InChI=1S/C9H22N2/c1-4-5-8-11-9(2,3)6-7-10/h11H,4-8,10H2,1-3H3. The molecule has 3 N–H and O–H groups in total. The van der Waals surface area contributed by atoms with Gasteiger partial charge in [-0.2, -0.15) is 0 Å². The molecule has 0 rings (SSSR count). The van der Waals surface area contributed by atoms with Gasteiger partial charge in [0.2, 0.25) is 0 Å². The van der Waals surface area contributed by atoms with Crippen LogP contribution in [0.25, 0.3) is 0 Å². The van der Waals surface area contributed by atoms with Crippen LogP contribution in [-0.4, -0.2) is 18.6 Å². The Balaban J connectivity index is 3.38. The molecule has 0 fully saturated rings. The van der Waals surface area contributed by atoms with E-state index < -0.39 is 0 Å². The number of nitrogens with two attached hydrogens (primary N) is 1.